The van der Waals surface area contributed by atoms with Gasteiger partial charge in [0.15, 0.2) is 11.5 Å². The summed E-state index contributed by atoms with van der Waals surface area (Å²) in [6.45, 7) is 2.41. The van der Waals surface area contributed by atoms with Crippen molar-refractivity contribution in [2.75, 3.05) is 12.4 Å². The van der Waals surface area contributed by atoms with Gasteiger partial charge in [0.25, 0.3) is 0 Å². The maximum absolute atomic E-state index is 12.0. The Bertz CT molecular complexity index is 1200. The van der Waals surface area contributed by atoms with E-state index in [4.69, 9.17) is 15.2 Å². The number of rotatable bonds is 8. The first-order valence-corrected chi connectivity index (χ1v) is 10.3. The van der Waals surface area contributed by atoms with Crippen LogP contribution < -0.4 is 25.9 Å². The minimum atomic E-state index is -0.958. The summed E-state index contributed by atoms with van der Waals surface area (Å²) in [4.78, 5) is 35.1. The van der Waals surface area contributed by atoms with Gasteiger partial charge in [-0.15, -0.1) is 0 Å². The van der Waals surface area contributed by atoms with E-state index in [1.165, 1.54) is 43.2 Å². The topological polar surface area (TPSA) is 132 Å². The van der Waals surface area contributed by atoms with Gasteiger partial charge in [-0.2, -0.15) is 5.10 Å². The van der Waals surface area contributed by atoms with Crippen LogP contribution in [0.2, 0.25) is 0 Å². The van der Waals surface area contributed by atoms with Gasteiger partial charge in [0.1, 0.15) is 6.61 Å². The van der Waals surface area contributed by atoms with Crippen molar-refractivity contribution in [1.29, 1.82) is 0 Å². The van der Waals surface area contributed by atoms with Crippen LogP contribution in [0.15, 0.2) is 71.8 Å². The number of ether oxygens (including phenoxy) is 2. The first-order chi connectivity index (χ1) is 16.4. The standard InChI is InChI=1S/C25H24N4O5/c1-16-3-5-17(6-4-16)15-34-21-12-7-18(13-22(21)33-2)14-27-29-25(32)24(31)28-20-10-8-19(9-11-20)23(26)30/h3-14H,15H2,1-2H3,(H2,26,30)(H,28,31)(H,29,32). The number of carbonyl (C=O) groups is 3. The molecule has 0 aromatic heterocycles. The van der Waals surface area contributed by atoms with Crippen molar-refractivity contribution in [2.45, 2.75) is 13.5 Å². The van der Waals surface area contributed by atoms with Gasteiger partial charge in [-0.05, 0) is 60.5 Å². The highest BCUT2D eigenvalue weighted by Crippen LogP contribution is 2.28. The highest BCUT2D eigenvalue weighted by Gasteiger charge is 2.13. The summed E-state index contributed by atoms with van der Waals surface area (Å²) in [5.74, 6) is -1.40. The number of nitrogens with zero attached hydrogens (tertiary/aromatic N) is 1. The zero-order chi connectivity index (χ0) is 24.5. The van der Waals surface area contributed by atoms with E-state index in [0.29, 0.717) is 29.4 Å². The van der Waals surface area contributed by atoms with E-state index in [0.717, 1.165) is 5.56 Å². The number of aryl methyl sites for hydroxylation is 1. The molecule has 0 saturated carbocycles. The molecule has 0 unspecified atom stereocenters. The molecule has 0 aliphatic carbocycles. The van der Waals surface area contributed by atoms with Gasteiger partial charge < -0.3 is 20.5 Å². The molecule has 0 fully saturated rings. The van der Waals surface area contributed by atoms with Gasteiger partial charge in [-0.25, -0.2) is 5.43 Å². The normalized spacial score (nSPS) is 10.5. The minimum Gasteiger partial charge on any atom is -0.493 e. The Morgan fingerprint density at radius 3 is 2.29 bits per heavy atom. The lowest BCUT2D eigenvalue weighted by atomic mass is 10.2. The highest BCUT2D eigenvalue weighted by molar-refractivity contribution is 6.39. The Morgan fingerprint density at radius 2 is 1.65 bits per heavy atom. The summed E-state index contributed by atoms with van der Waals surface area (Å²) in [7, 11) is 1.52. The number of anilines is 1. The van der Waals surface area contributed by atoms with E-state index < -0.39 is 17.7 Å². The maximum Gasteiger partial charge on any atom is 0.329 e. The summed E-state index contributed by atoms with van der Waals surface area (Å²) in [6, 6.07) is 19.0. The van der Waals surface area contributed by atoms with Gasteiger partial charge in [-0.3, -0.25) is 14.4 Å². The number of nitrogens with two attached hydrogens (primary N) is 1. The Morgan fingerprint density at radius 1 is 0.941 bits per heavy atom. The predicted octanol–water partition coefficient (Wildman–Crippen LogP) is 2.77. The third kappa shape index (κ3) is 6.67. The molecule has 3 aromatic rings. The van der Waals surface area contributed by atoms with Crippen LogP contribution in [0.1, 0.15) is 27.0 Å². The van der Waals surface area contributed by atoms with Crippen molar-refractivity contribution >= 4 is 29.6 Å². The molecule has 0 spiro atoms. The number of primary amides is 1. The molecule has 3 aromatic carbocycles. The molecule has 0 aliphatic rings. The molecule has 9 heteroatoms. The van der Waals surface area contributed by atoms with Crippen molar-refractivity contribution in [1.82, 2.24) is 5.43 Å². The average Bonchev–Trinajstić information content (AvgIpc) is 2.84. The fraction of sp³-hybridized carbons (Fsp3) is 0.120. The smallest absolute Gasteiger partial charge is 0.329 e. The molecule has 3 amide bonds. The lowest BCUT2D eigenvalue weighted by Crippen LogP contribution is -2.32. The van der Waals surface area contributed by atoms with Crippen molar-refractivity contribution in [3.8, 4) is 11.5 Å². The monoisotopic (exact) mass is 460 g/mol. The van der Waals surface area contributed by atoms with Crippen LogP contribution in [-0.4, -0.2) is 31.0 Å². The largest absolute Gasteiger partial charge is 0.493 e. The predicted molar refractivity (Wildman–Crippen MR) is 128 cm³/mol. The van der Waals surface area contributed by atoms with Gasteiger partial charge in [-0.1, -0.05) is 29.8 Å². The Labute approximate surface area is 196 Å². The molecule has 0 saturated heterocycles. The quantitative estimate of drug-likeness (QED) is 0.270. The Kier molecular flexibility index (Phi) is 7.96. The van der Waals surface area contributed by atoms with Gasteiger partial charge in [0.2, 0.25) is 5.91 Å². The third-order valence-electron chi connectivity index (χ3n) is 4.72. The van der Waals surface area contributed by atoms with E-state index in [-0.39, 0.29) is 5.56 Å². The lowest BCUT2D eigenvalue weighted by Gasteiger charge is -2.11. The number of hydrogen-bond acceptors (Lipinski definition) is 6. The van der Waals surface area contributed by atoms with E-state index in [1.54, 1.807) is 18.2 Å². The zero-order valence-electron chi connectivity index (χ0n) is 18.7. The molecule has 3 rings (SSSR count). The molecule has 0 radical (unpaired) electrons. The summed E-state index contributed by atoms with van der Waals surface area (Å²) < 4.78 is 11.2. The fourth-order valence-corrected chi connectivity index (χ4v) is 2.85. The number of methoxy groups -OCH3 is 1. The second kappa shape index (κ2) is 11.3. The third-order valence-corrected chi connectivity index (χ3v) is 4.72. The maximum atomic E-state index is 12.0. The van der Waals surface area contributed by atoms with E-state index in [1.807, 2.05) is 31.2 Å². The minimum absolute atomic E-state index is 0.286. The number of carbonyl (C=O) groups excluding carboxylic acids is 3. The number of benzene rings is 3. The SMILES string of the molecule is COc1cc(C=NNC(=O)C(=O)Nc2ccc(C(N)=O)cc2)ccc1OCc1ccc(C)cc1. The van der Waals surface area contributed by atoms with Crippen molar-refractivity contribution in [3.05, 3.63) is 89.0 Å². The van der Waals surface area contributed by atoms with Crippen LogP contribution in [0.25, 0.3) is 0 Å². The second-order valence-corrected chi connectivity index (χ2v) is 7.28. The molecule has 9 nitrogen and oxygen atoms in total. The number of hydrogen-bond donors (Lipinski definition) is 3. The van der Waals surface area contributed by atoms with Crippen LogP contribution in [0.5, 0.6) is 11.5 Å². The molecule has 174 valence electrons. The van der Waals surface area contributed by atoms with E-state index >= 15 is 0 Å². The first-order valence-electron chi connectivity index (χ1n) is 10.3. The Hall–Kier alpha value is -4.66. The van der Waals surface area contributed by atoms with Gasteiger partial charge in [0, 0.05) is 11.3 Å². The van der Waals surface area contributed by atoms with Gasteiger partial charge >= 0.3 is 11.8 Å². The Balaban J connectivity index is 1.54. The second-order valence-electron chi connectivity index (χ2n) is 7.28. The lowest BCUT2D eigenvalue weighted by molar-refractivity contribution is -0.136. The summed E-state index contributed by atoms with van der Waals surface area (Å²) in [5.41, 5.74) is 10.8. The van der Waals surface area contributed by atoms with Crippen LogP contribution in [-0.2, 0) is 16.2 Å². The van der Waals surface area contributed by atoms with Crippen molar-refractivity contribution < 1.29 is 23.9 Å². The van der Waals surface area contributed by atoms with Crippen LogP contribution in [0.4, 0.5) is 5.69 Å². The molecule has 0 atom stereocenters. The number of amides is 3. The summed E-state index contributed by atoms with van der Waals surface area (Å²) in [6.07, 6.45) is 1.37. The van der Waals surface area contributed by atoms with Crippen LogP contribution >= 0.6 is 0 Å². The molecular weight excluding hydrogens is 436 g/mol. The van der Waals surface area contributed by atoms with E-state index in [9.17, 15) is 14.4 Å². The fourth-order valence-electron chi connectivity index (χ4n) is 2.85. The van der Waals surface area contributed by atoms with Crippen molar-refractivity contribution in [3.63, 3.8) is 0 Å². The molecule has 0 bridgehead atoms. The van der Waals surface area contributed by atoms with E-state index in [2.05, 4.69) is 15.8 Å². The molecule has 0 heterocycles. The number of nitrogens with one attached hydrogen (secondary N) is 2. The van der Waals surface area contributed by atoms with Gasteiger partial charge in [0.05, 0.1) is 13.3 Å². The molecular formula is C25H24N4O5. The average molecular weight is 460 g/mol. The highest BCUT2D eigenvalue weighted by atomic mass is 16.5. The number of hydrazone groups is 1. The molecule has 0 aliphatic heterocycles. The van der Waals surface area contributed by atoms with Crippen molar-refractivity contribution in [2.24, 2.45) is 10.8 Å². The summed E-state index contributed by atoms with van der Waals surface area (Å²) in [5, 5.41) is 6.20. The van der Waals surface area contributed by atoms with Crippen LogP contribution in [0, 0.1) is 6.92 Å². The van der Waals surface area contributed by atoms with Crippen LogP contribution in [0.3, 0.4) is 0 Å². The summed E-state index contributed by atoms with van der Waals surface area (Å²) >= 11 is 0. The zero-order valence-corrected chi connectivity index (χ0v) is 18.7. The first kappa shape index (κ1) is 24.0. The molecule has 4 N–H and O–H groups in total. The molecule has 34 heavy (non-hydrogen) atoms.